The second kappa shape index (κ2) is 8.20. The van der Waals surface area contributed by atoms with Gasteiger partial charge in [0.1, 0.15) is 0 Å². The molecule has 1 saturated heterocycles. The largest absolute Gasteiger partial charge is 0.352 e. The lowest BCUT2D eigenvalue weighted by atomic mass is 10.3. The van der Waals surface area contributed by atoms with Crippen molar-refractivity contribution < 1.29 is 0 Å². The van der Waals surface area contributed by atoms with Gasteiger partial charge in [0.2, 0.25) is 0 Å². The van der Waals surface area contributed by atoms with E-state index in [0.29, 0.717) is 0 Å². The molecule has 1 rings (SSSR count). The summed E-state index contributed by atoms with van der Waals surface area (Å²) in [5.74, 6) is 0. The lowest BCUT2D eigenvalue weighted by Crippen LogP contribution is -2.23. The van der Waals surface area contributed by atoms with Gasteiger partial charge in [0, 0.05) is 24.5 Å². The summed E-state index contributed by atoms with van der Waals surface area (Å²) < 4.78 is 0. The molecule has 2 heteroatoms. The van der Waals surface area contributed by atoms with Gasteiger partial charge >= 0.3 is 0 Å². The van der Waals surface area contributed by atoms with Gasteiger partial charge in [-0.25, -0.2) is 0 Å². The molecule has 0 atom stereocenters. The highest BCUT2D eigenvalue weighted by atomic mass is 15.4. The van der Waals surface area contributed by atoms with Gasteiger partial charge in [0.15, 0.2) is 0 Å². The molecule has 102 valence electrons. The summed E-state index contributed by atoms with van der Waals surface area (Å²) in [6.45, 7) is 14.6. The van der Waals surface area contributed by atoms with Gasteiger partial charge in [-0.15, -0.1) is 0 Å². The molecule has 0 bridgehead atoms. The molecule has 1 heterocycles. The first-order valence-corrected chi connectivity index (χ1v) is 6.67. The van der Waals surface area contributed by atoms with Crippen LogP contribution in [-0.2, 0) is 0 Å². The Bertz CT molecular complexity index is 425. The van der Waals surface area contributed by atoms with Gasteiger partial charge in [-0.2, -0.15) is 0 Å². The number of rotatable bonds is 6. The quantitative estimate of drug-likeness (QED) is 0.666. The average molecular weight is 256 g/mol. The molecule has 19 heavy (non-hydrogen) atoms. The monoisotopic (exact) mass is 256 g/mol. The van der Waals surface area contributed by atoms with Crippen molar-refractivity contribution in [3.63, 3.8) is 0 Å². The Balaban J connectivity index is 2.74. The molecule has 1 fully saturated rings. The summed E-state index contributed by atoms with van der Waals surface area (Å²) in [7, 11) is 0. The Hall–Kier alpha value is -1.96. The number of allylic oxidation sites excluding steroid dienone is 8. The zero-order valence-corrected chi connectivity index (χ0v) is 12.0. The average Bonchev–Trinajstić information content (AvgIpc) is 2.90. The first kappa shape index (κ1) is 15.1. The molecule has 0 aromatic rings. The van der Waals surface area contributed by atoms with Gasteiger partial charge < -0.3 is 9.80 Å². The number of hydrogen-bond donors (Lipinski definition) is 0. The van der Waals surface area contributed by atoms with Crippen molar-refractivity contribution in [1.82, 2.24) is 9.80 Å². The molecule has 0 aromatic carbocycles. The Kier molecular flexibility index (Phi) is 6.51. The molecule has 0 saturated carbocycles. The van der Waals surface area contributed by atoms with Crippen LogP contribution in [0.25, 0.3) is 0 Å². The lowest BCUT2D eigenvalue weighted by Gasteiger charge is -2.22. The van der Waals surface area contributed by atoms with Gasteiger partial charge in [-0.05, 0) is 32.1 Å². The van der Waals surface area contributed by atoms with Crippen molar-refractivity contribution in [3.8, 4) is 0 Å². The third-order valence-electron chi connectivity index (χ3n) is 3.08. The summed E-state index contributed by atoms with van der Waals surface area (Å²) >= 11 is 0. The summed E-state index contributed by atoms with van der Waals surface area (Å²) in [4.78, 5) is 4.69. The maximum Gasteiger partial charge on any atom is 0.0904 e. The van der Waals surface area contributed by atoms with E-state index in [1.165, 1.54) is 11.4 Å². The molecule has 0 radical (unpaired) electrons. The smallest absolute Gasteiger partial charge is 0.0904 e. The Morgan fingerprint density at radius 3 is 2.21 bits per heavy atom. The Labute approximate surface area is 117 Å². The van der Waals surface area contributed by atoms with Gasteiger partial charge in [0.05, 0.1) is 6.67 Å². The third-order valence-corrected chi connectivity index (χ3v) is 3.08. The van der Waals surface area contributed by atoms with Gasteiger partial charge in [-0.3, -0.25) is 0 Å². The second-order valence-electron chi connectivity index (χ2n) is 4.30. The third kappa shape index (κ3) is 4.32. The fourth-order valence-corrected chi connectivity index (χ4v) is 2.06. The molecule has 0 aliphatic carbocycles. The molecular formula is C17H24N2. The number of hydrogen-bond acceptors (Lipinski definition) is 2. The van der Waals surface area contributed by atoms with Crippen molar-refractivity contribution in [2.24, 2.45) is 0 Å². The van der Waals surface area contributed by atoms with Crippen LogP contribution in [0.3, 0.4) is 0 Å². The van der Waals surface area contributed by atoms with Crippen LogP contribution in [0.5, 0.6) is 0 Å². The highest BCUT2D eigenvalue weighted by Crippen LogP contribution is 2.18. The van der Waals surface area contributed by atoms with E-state index < -0.39 is 0 Å². The van der Waals surface area contributed by atoms with Crippen LogP contribution in [0.2, 0.25) is 0 Å². The van der Waals surface area contributed by atoms with E-state index >= 15 is 0 Å². The zero-order chi connectivity index (χ0) is 14.1. The zero-order valence-electron chi connectivity index (χ0n) is 12.0. The topological polar surface area (TPSA) is 6.48 Å². The van der Waals surface area contributed by atoms with Crippen molar-refractivity contribution in [3.05, 3.63) is 73.2 Å². The van der Waals surface area contributed by atoms with Gasteiger partial charge in [-0.1, -0.05) is 43.5 Å². The first-order chi connectivity index (χ1) is 9.26. The molecule has 1 aliphatic rings. The maximum atomic E-state index is 3.89. The molecule has 0 amide bonds. The lowest BCUT2D eigenvalue weighted by molar-refractivity contribution is 0.342. The van der Waals surface area contributed by atoms with E-state index in [1.54, 1.807) is 6.08 Å². The molecular weight excluding hydrogens is 232 g/mol. The fraction of sp³-hybridized carbons (Fsp3) is 0.294. The highest BCUT2D eigenvalue weighted by Gasteiger charge is 2.20. The van der Waals surface area contributed by atoms with E-state index in [1.807, 2.05) is 31.2 Å². The number of nitrogens with zero attached hydrogens (tertiary/aromatic N) is 2. The van der Waals surface area contributed by atoms with Crippen LogP contribution < -0.4 is 0 Å². The molecule has 0 aromatic heterocycles. The van der Waals surface area contributed by atoms with E-state index in [4.69, 9.17) is 0 Å². The van der Waals surface area contributed by atoms with Crippen LogP contribution in [0.1, 0.15) is 13.8 Å². The van der Waals surface area contributed by atoms with Crippen molar-refractivity contribution in [1.29, 1.82) is 0 Å². The SMILES string of the molecule is C=C/C=C\C(=C/C)N1CCN(/C(C=C)=C/C=C\C)C1. The normalized spacial score (nSPS) is 17.8. The molecule has 2 nitrogen and oxygen atoms in total. The van der Waals surface area contributed by atoms with Crippen LogP contribution in [-0.4, -0.2) is 29.6 Å². The van der Waals surface area contributed by atoms with Crippen LogP contribution in [0.15, 0.2) is 73.2 Å². The standard InChI is InChI=1S/C17H24N2/c1-5-9-11-16(7-3)18-13-14-19(15-18)17(8-4)12-10-6-2/h5-12H,1,4,13-15H2,2-3H3/b10-6-,11-9-,16-7+,17-12+. The second-order valence-corrected chi connectivity index (χ2v) is 4.30. The van der Waals surface area contributed by atoms with Crippen LogP contribution >= 0.6 is 0 Å². The van der Waals surface area contributed by atoms with Crippen LogP contribution in [0.4, 0.5) is 0 Å². The van der Waals surface area contributed by atoms with Gasteiger partial charge in [0.25, 0.3) is 0 Å². The molecule has 0 unspecified atom stereocenters. The van der Waals surface area contributed by atoms with Crippen molar-refractivity contribution >= 4 is 0 Å². The van der Waals surface area contributed by atoms with Crippen molar-refractivity contribution in [2.75, 3.05) is 19.8 Å². The molecule has 0 N–H and O–H groups in total. The van der Waals surface area contributed by atoms with E-state index in [9.17, 15) is 0 Å². The minimum atomic E-state index is 0.899. The molecule has 1 aliphatic heterocycles. The summed E-state index contributed by atoms with van der Waals surface area (Å²) in [6, 6.07) is 0. The summed E-state index contributed by atoms with van der Waals surface area (Å²) in [5.41, 5.74) is 2.40. The van der Waals surface area contributed by atoms with E-state index in [2.05, 4.69) is 48.1 Å². The first-order valence-electron chi connectivity index (χ1n) is 6.67. The fourth-order valence-electron chi connectivity index (χ4n) is 2.06. The summed E-state index contributed by atoms with van der Waals surface area (Å²) in [5, 5.41) is 0. The minimum absolute atomic E-state index is 0.899. The predicted molar refractivity (Wildman–Crippen MR) is 84.5 cm³/mol. The van der Waals surface area contributed by atoms with E-state index in [-0.39, 0.29) is 0 Å². The predicted octanol–water partition coefficient (Wildman–Crippen LogP) is 3.85. The van der Waals surface area contributed by atoms with Crippen LogP contribution in [0, 0.1) is 0 Å². The van der Waals surface area contributed by atoms with Crippen molar-refractivity contribution in [2.45, 2.75) is 13.8 Å². The highest BCUT2D eigenvalue weighted by molar-refractivity contribution is 5.25. The van der Waals surface area contributed by atoms with E-state index in [0.717, 1.165) is 19.8 Å². The molecule has 0 spiro atoms. The maximum absolute atomic E-state index is 3.89. The summed E-state index contributed by atoms with van der Waals surface area (Å²) in [6.07, 6.45) is 16.1. The Morgan fingerprint density at radius 2 is 1.68 bits per heavy atom. The minimum Gasteiger partial charge on any atom is -0.352 e. The Morgan fingerprint density at radius 1 is 1.00 bits per heavy atom.